The molecule has 4 nitrogen and oxygen atoms in total. The third-order valence-corrected chi connectivity index (χ3v) is 3.55. The average Bonchev–Trinajstić information content (AvgIpc) is 2.41. The number of hydrogen-bond donors (Lipinski definition) is 1. The molecular formula is C15H10INO3. The number of nitrogens with zero attached hydrogens (tertiary/aromatic N) is 1. The summed E-state index contributed by atoms with van der Waals surface area (Å²) in [5.41, 5.74) is 1.52. The first kappa shape index (κ1) is 14.3. The van der Waals surface area contributed by atoms with E-state index in [0.29, 0.717) is 17.1 Å². The average molecular weight is 379 g/mol. The molecular weight excluding hydrogens is 369 g/mol. The lowest BCUT2D eigenvalue weighted by Gasteiger charge is -2.10. The predicted octanol–water partition coefficient (Wildman–Crippen LogP) is 3.96. The van der Waals surface area contributed by atoms with Crippen molar-refractivity contribution in [2.24, 2.45) is 0 Å². The summed E-state index contributed by atoms with van der Waals surface area (Å²) < 4.78 is 6.49. The van der Waals surface area contributed by atoms with Gasteiger partial charge in [-0.3, -0.25) is 0 Å². The zero-order valence-corrected chi connectivity index (χ0v) is 12.7. The molecule has 0 saturated carbocycles. The second-order valence-electron chi connectivity index (χ2n) is 4.16. The van der Waals surface area contributed by atoms with Crippen LogP contribution in [0.5, 0.6) is 11.5 Å². The summed E-state index contributed by atoms with van der Waals surface area (Å²) in [4.78, 5) is 11.0. The zero-order valence-electron chi connectivity index (χ0n) is 10.6. The second kappa shape index (κ2) is 5.92. The van der Waals surface area contributed by atoms with Gasteiger partial charge in [-0.2, -0.15) is 5.26 Å². The molecule has 5 heteroatoms. The van der Waals surface area contributed by atoms with Crippen molar-refractivity contribution in [3.8, 4) is 17.6 Å². The minimum atomic E-state index is -1.02. The molecule has 20 heavy (non-hydrogen) atoms. The van der Waals surface area contributed by atoms with Gasteiger partial charge >= 0.3 is 5.97 Å². The van der Waals surface area contributed by atoms with Gasteiger partial charge in [0.25, 0.3) is 0 Å². The molecule has 0 unspecified atom stereocenters. The number of ether oxygens (including phenoxy) is 1. The fraction of sp³-hybridized carbons (Fsp3) is 0.0667. The van der Waals surface area contributed by atoms with E-state index in [0.717, 1.165) is 9.13 Å². The van der Waals surface area contributed by atoms with E-state index in [1.54, 1.807) is 18.2 Å². The minimum Gasteiger partial charge on any atom is -0.478 e. The van der Waals surface area contributed by atoms with Gasteiger partial charge in [-0.25, -0.2) is 4.79 Å². The largest absolute Gasteiger partial charge is 0.478 e. The Kier molecular flexibility index (Phi) is 4.25. The highest BCUT2D eigenvalue weighted by Crippen LogP contribution is 2.30. The standard InChI is InChI=1S/C15H10INO3/c1-9-2-3-11(8-17)13(6-9)20-14-7-10(15(18)19)4-5-12(14)16/h2-7H,1H3,(H,18,19). The topological polar surface area (TPSA) is 70.3 Å². The molecule has 0 atom stereocenters. The molecule has 0 spiro atoms. The summed E-state index contributed by atoms with van der Waals surface area (Å²) in [5.74, 6) is -0.170. The number of aromatic carboxylic acids is 1. The number of nitriles is 1. The SMILES string of the molecule is Cc1ccc(C#N)c(Oc2cc(C(=O)O)ccc2I)c1. The van der Waals surface area contributed by atoms with Crippen molar-refractivity contribution in [1.82, 2.24) is 0 Å². The first-order valence-electron chi connectivity index (χ1n) is 5.72. The number of rotatable bonds is 3. The van der Waals surface area contributed by atoms with Crippen molar-refractivity contribution < 1.29 is 14.6 Å². The van der Waals surface area contributed by atoms with Crippen molar-refractivity contribution in [2.75, 3.05) is 0 Å². The van der Waals surface area contributed by atoms with Crippen LogP contribution in [-0.2, 0) is 0 Å². The Bertz CT molecular complexity index is 720. The van der Waals surface area contributed by atoms with Crippen molar-refractivity contribution >= 4 is 28.6 Å². The highest BCUT2D eigenvalue weighted by molar-refractivity contribution is 14.1. The number of benzene rings is 2. The van der Waals surface area contributed by atoms with Gasteiger partial charge in [-0.05, 0) is 65.4 Å². The zero-order chi connectivity index (χ0) is 14.7. The van der Waals surface area contributed by atoms with Crippen LogP contribution in [0, 0.1) is 21.8 Å². The summed E-state index contributed by atoms with van der Waals surface area (Å²) in [5, 5.41) is 18.1. The lowest BCUT2D eigenvalue weighted by molar-refractivity contribution is 0.0696. The van der Waals surface area contributed by atoms with E-state index < -0.39 is 5.97 Å². The van der Waals surface area contributed by atoms with E-state index in [1.807, 2.05) is 13.0 Å². The maximum atomic E-state index is 11.0. The number of hydrogen-bond acceptors (Lipinski definition) is 3. The minimum absolute atomic E-state index is 0.145. The molecule has 0 fully saturated rings. The van der Waals surface area contributed by atoms with Gasteiger partial charge in [0, 0.05) is 0 Å². The fourth-order valence-corrected chi connectivity index (χ4v) is 2.09. The van der Waals surface area contributed by atoms with E-state index in [-0.39, 0.29) is 5.56 Å². The molecule has 0 aliphatic rings. The van der Waals surface area contributed by atoms with Crippen LogP contribution in [0.1, 0.15) is 21.5 Å². The van der Waals surface area contributed by atoms with Crippen molar-refractivity contribution in [1.29, 1.82) is 5.26 Å². The van der Waals surface area contributed by atoms with E-state index in [9.17, 15) is 4.79 Å². The van der Waals surface area contributed by atoms with Crippen LogP contribution in [0.3, 0.4) is 0 Å². The number of halogens is 1. The van der Waals surface area contributed by atoms with Gasteiger partial charge in [0.1, 0.15) is 17.6 Å². The van der Waals surface area contributed by atoms with Crippen LogP contribution in [0.25, 0.3) is 0 Å². The summed E-state index contributed by atoms with van der Waals surface area (Å²) in [6.07, 6.45) is 0. The molecule has 1 N–H and O–H groups in total. The summed E-state index contributed by atoms with van der Waals surface area (Å²) in [6.45, 7) is 1.90. The van der Waals surface area contributed by atoms with Crippen molar-refractivity contribution in [3.63, 3.8) is 0 Å². The Morgan fingerprint density at radius 2 is 2.00 bits per heavy atom. The van der Waals surface area contributed by atoms with E-state index in [1.165, 1.54) is 12.1 Å². The highest BCUT2D eigenvalue weighted by atomic mass is 127. The molecule has 2 rings (SSSR count). The second-order valence-corrected chi connectivity index (χ2v) is 5.33. The van der Waals surface area contributed by atoms with E-state index >= 15 is 0 Å². The quantitative estimate of drug-likeness (QED) is 0.820. The van der Waals surface area contributed by atoms with Gasteiger partial charge < -0.3 is 9.84 Å². The van der Waals surface area contributed by atoms with Crippen molar-refractivity contribution in [2.45, 2.75) is 6.92 Å². The van der Waals surface area contributed by atoms with Crippen LogP contribution in [-0.4, -0.2) is 11.1 Å². The monoisotopic (exact) mass is 379 g/mol. The van der Waals surface area contributed by atoms with E-state index in [4.69, 9.17) is 15.1 Å². The maximum absolute atomic E-state index is 11.0. The first-order chi connectivity index (χ1) is 9.51. The summed E-state index contributed by atoms with van der Waals surface area (Å²) in [7, 11) is 0. The fourth-order valence-electron chi connectivity index (χ4n) is 1.64. The Hall–Kier alpha value is -2.07. The lowest BCUT2D eigenvalue weighted by atomic mass is 10.1. The third kappa shape index (κ3) is 3.08. The molecule has 100 valence electrons. The molecule has 0 radical (unpaired) electrons. The molecule has 2 aromatic carbocycles. The van der Waals surface area contributed by atoms with Gasteiger partial charge in [-0.1, -0.05) is 6.07 Å². The molecule has 0 saturated heterocycles. The highest BCUT2D eigenvalue weighted by Gasteiger charge is 2.11. The Morgan fingerprint density at radius 3 is 2.65 bits per heavy atom. The van der Waals surface area contributed by atoms with Crippen LogP contribution >= 0.6 is 22.6 Å². The molecule has 0 aliphatic carbocycles. The van der Waals surface area contributed by atoms with Crippen LogP contribution in [0.4, 0.5) is 0 Å². The molecule has 0 amide bonds. The predicted molar refractivity (Wildman–Crippen MR) is 82.1 cm³/mol. The Morgan fingerprint density at radius 1 is 1.25 bits per heavy atom. The van der Waals surface area contributed by atoms with E-state index in [2.05, 4.69) is 28.7 Å². The number of carboxylic acids is 1. The maximum Gasteiger partial charge on any atom is 0.335 e. The molecule has 0 aliphatic heterocycles. The van der Waals surface area contributed by atoms with Crippen LogP contribution in [0.2, 0.25) is 0 Å². The lowest BCUT2D eigenvalue weighted by Crippen LogP contribution is -1.98. The summed E-state index contributed by atoms with van der Waals surface area (Å²) >= 11 is 2.06. The van der Waals surface area contributed by atoms with Gasteiger partial charge in [0.15, 0.2) is 0 Å². The molecule has 0 heterocycles. The van der Waals surface area contributed by atoms with Crippen LogP contribution < -0.4 is 4.74 Å². The smallest absolute Gasteiger partial charge is 0.335 e. The third-order valence-electron chi connectivity index (χ3n) is 2.66. The van der Waals surface area contributed by atoms with Crippen molar-refractivity contribution in [3.05, 3.63) is 56.7 Å². The Labute approximate surface area is 129 Å². The number of carboxylic acid groups (broad SMARTS) is 1. The van der Waals surface area contributed by atoms with Crippen LogP contribution in [0.15, 0.2) is 36.4 Å². The molecule has 2 aromatic rings. The first-order valence-corrected chi connectivity index (χ1v) is 6.80. The number of carbonyl (C=O) groups is 1. The van der Waals surface area contributed by atoms with Gasteiger partial charge in [-0.15, -0.1) is 0 Å². The number of aryl methyl sites for hydroxylation is 1. The molecule has 0 bridgehead atoms. The summed E-state index contributed by atoms with van der Waals surface area (Å²) in [6, 6.07) is 11.9. The normalized spacial score (nSPS) is 9.85. The Balaban J connectivity index is 2.44. The molecule has 0 aromatic heterocycles. The van der Waals surface area contributed by atoms with Gasteiger partial charge in [0.05, 0.1) is 14.7 Å². The van der Waals surface area contributed by atoms with Gasteiger partial charge in [0.2, 0.25) is 0 Å².